The molecular weight excluding hydrogens is 493 g/mol. The normalized spacial score (nSPS) is 19.7. The summed E-state index contributed by atoms with van der Waals surface area (Å²) in [4.78, 5) is 23.4. The highest BCUT2D eigenvalue weighted by molar-refractivity contribution is 14.0. The number of rotatable bonds is 7. The van der Waals surface area contributed by atoms with Crippen LogP contribution in [0.15, 0.2) is 35.3 Å². The van der Waals surface area contributed by atoms with Gasteiger partial charge in [-0.2, -0.15) is 0 Å². The van der Waals surface area contributed by atoms with Crippen LogP contribution in [0.25, 0.3) is 0 Å². The average Bonchev–Trinajstić information content (AvgIpc) is 3.29. The summed E-state index contributed by atoms with van der Waals surface area (Å²) in [6, 6.07) is 10.6. The highest BCUT2D eigenvalue weighted by Gasteiger charge is 2.30. The van der Waals surface area contributed by atoms with Gasteiger partial charge < -0.3 is 24.8 Å². The van der Waals surface area contributed by atoms with E-state index in [1.165, 1.54) is 5.56 Å². The second kappa shape index (κ2) is 13.1. The van der Waals surface area contributed by atoms with Crippen molar-refractivity contribution < 1.29 is 9.53 Å². The molecule has 2 fully saturated rings. The number of carbonyl (C=O) groups excluding carboxylic acids is 1. The predicted octanol–water partition coefficient (Wildman–Crippen LogP) is 2.03. The summed E-state index contributed by atoms with van der Waals surface area (Å²) in [6.07, 6.45) is 2.70. The first-order valence-corrected chi connectivity index (χ1v) is 10.8. The molecule has 1 amide bonds. The van der Waals surface area contributed by atoms with Crippen molar-refractivity contribution in [2.24, 2.45) is 4.99 Å². The maximum absolute atomic E-state index is 12.5. The molecular formula is C22H36IN5O2. The van der Waals surface area contributed by atoms with E-state index in [1.807, 2.05) is 11.9 Å². The molecule has 168 valence electrons. The van der Waals surface area contributed by atoms with Crippen molar-refractivity contribution in [3.8, 4) is 0 Å². The van der Waals surface area contributed by atoms with E-state index in [4.69, 9.17) is 4.74 Å². The third-order valence-electron chi connectivity index (χ3n) is 5.60. The third-order valence-corrected chi connectivity index (χ3v) is 5.60. The number of benzene rings is 1. The van der Waals surface area contributed by atoms with Gasteiger partial charge in [-0.25, -0.2) is 0 Å². The van der Waals surface area contributed by atoms with E-state index in [0.29, 0.717) is 6.61 Å². The highest BCUT2D eigenvalue weighted by Crippen LogP contribution is 2.16. The number of amides is 1. The summed E-state index contributed by atoms with van der Waals surface area (Å²) in [5, 5.41) is 3.48. The van der Waals surface area contributed by atoms with Crippen LogP contribution in [-0.4, -0.2) is 92.6 Å². The van der Waals surface area contributed by atoms with Crippen LogP contribution in [0.2, 0.25) is 0 Å². The zero-order valence-corrected chi connectivity index (χ0v) is 20.6. The summed E-state index contributed by atoms with van der Waals surface area (Å²) in [7, 11) is 3.99. The predicted molar refractivity (Wildman–Crippen MR) is 131 cm³/mol. The Kier molecular flexibility index (Phi) is 10.9. The van der Waals surface area contributed by atoms with Crippen molar-refractivity contribution in [2.75, 3.05) is 60.0 Å². The minimum Gasteiger partial charge on any atom is -0.368 e. The largest absolute Gasteiger partial charge is 0.368 e. The number of nitrogens with one attached hydrogen (secondary N) is 1. The lowest BCUT2D eigenvalue weighted by Gasteiger charge is -2.37. The number of hydrogen-bond donors (Lipinski definition) is 1. The van der Waals surface area contributed by atoms with Gasteiger partial charge in [0.05, 0.1) is 0 Å². The number of nitrogens with zero attached hydrogens (tertiary/aromatic N) is 4. The quantitative estimate of drug-likeness (QED) is 0.254. The monoisotopic (exact) mass is 529 g/mol. The summed E-state index contributed by atoms with van der Waals surface area (Å²) >= 11 is 0. The molecule has 1 unspecified atom stereocenters. The summed E-state index contributed by atoms with van der Waals surface area (Å²) in [5.74, 6) is 1.09. The molecule has 2 heterocycles. The van der Waals surface area contributed by atoms with Crippen LogP contribution < -0.4 is 5.32 Å². The SMILES string of the molecule is CN=C(NCCCN(C)Cc1ccccc1)N1CCN(C(=O)C2CCCO2)CC1.I. The van der Waals surface area contributed by atoms with Crippen molar-refractivity contribution in [2.45, 2.75) is 31.9 Å². The molecule has 2 aliphatic rings. The van der Waals surface area contributed by atoms with E-state index in [0.717, 1.165) is 71.0 Å². The van der Waals surface area contributed by atoms with Gasteiger partial charge in [0.2, 0.25) is 0 Å². The number of halogens is 1. The van der Waals surface area contributed by atoms with E-state index in [2.05, 4.69) is 57.5 Å². The molecule has 2 saturated heterocycles. The zero-order chi connectivity index (χ0) is 20.5. The first-order valence-electron chi connectivity index (χ1n) is 10.8. The molecule has 0 spiro atoms. The first-order chi connectivity index (χ1) is 14.2. The standard InChI is InChI=1S/C22H35N5O2.HI/c1-23-22(24-11-7-12-25(2)18-19-8-4-3-5-9-19)27-15-13-26(14-16-27)21(28)20-10-6-17-29-20;/h3-5,8-9,20H,6-7,10-18H2,1-2H3,(H,23,24);1H. The number of carbonyl (C=O) groups is 1. The maximum Gasteiger partial charge on any atom is 0.251 e. The second-order valence-electron chi connectivity index (χ2n) is 7.86. The second-order valence-corrected chi connectivity index (χ2v) is 7.86. The lowest BCUT2D eigenvalue weighted by Crippen LogP contribution is -2.55. The Balaban J connectivity index is 0.00000320. The van der Waals surface area contributed by atoms with Crippen molar-refractivity contribution >= 4 is 35.8 Å². The van der Waals surface area contributed by atoms with Gasteiger partial charge in [-0.3, -0.25) is 9.79 Å². The maximum atomic E-state index is 12.5. The minimum absolute atomic E-state index is 0. The smallest absolute Gasteiger partial charge is 0.251 e. The number of guanidine groups is 1. The van der Waals surface area contributed by atoms with Crippen molar-refractivity contribution in [3.05, 3.63) is 35.9 Å². The Labute approximate surface area is 197 Å². The molecule has 2 aliphatic heterocycles. The molecule has 30 heavy (non-hydrogen) atoms. The van der Waals surface area contributed by atoms with E-state index >= 15 is 0 Å². The van der Waals surface area contributed by atoms with Gasteiger partial charge in [-0.1, -0.05) is 30.3 Å². The van der Waals surface area contributed by atoms with Crippen molar-refractivity contribution in [1.82, 2.24) is 20.0 Å². The van der Waals surface area contributed by atoms with Gasteiger partial charge in [-0.05, 0) is 38.4 Å². The number of ether oxygens (including phenoxy) is 1. The minimum atomic E-state index is -0.216. The molecule has 0 radical (unpaired) electrons. The van der Waals surface area contributed by atoms with Crippen LogP contribution in [0.3, 0.4) is 0 Å². The van der Waals surface area contributed by atoms with Gasteiger partial charge in [0.15, 0.2) is 5.96 Å². The summed E-state index contributed by atoms with van der Waals surface area (Å²) < 4.78 is 5.54. The average molecular weight is 529 g/mol. The molecule has 3 rings (SSSR count). The van der Waals surface area contributed by atoms with Crippen molar-refractivity contribution in [1.29, 1.82) is 0 Å². The fourth-order valence-corrected chi connectivity index (χ4v) is 3.97. The van der Waals surface area contributed by atoms with Gasteiger partial charge in [-0.15, -0.1) is 24.0 Å². The number of hydrogen-bond acceptors (Lipinski definition) is 4. The zero-order valence-electron chi connectivity index (χ0n) is 18.3. The number of aliphatic imine (C=N–C) groups is 1. The van der Waals surface area contributed by atoms with Gasteiger partial charge >= 0.3 is 0 Å². The highest BCUT2D eigenvalue weighted by atomic mass is 127. The van der Waals surface area contributed by atoms with Gasteiger partial charge in [0.1, 0.15) is 6.10 Å². The van der Waals surface area contributed by atoms with Crippen LogP contribution in [0.4, 0.5) is 0 Å². The van der Waals surface area contributed by atoms with Crippen LogP contribution in [0, 0.1) is 0 Å². The molecule has 7 nitrogen and oxygen atoms in total. The molecule has 1 aromatic carbocycles. The Morgan fingerprint density at radius 1 is 1.20 bits per heavy atom. The Morgan fingerprint density at radius 2 is 1.90 bits per heavy atom. The number of piperazine rings is 1. The molecule has 0 aromatic heterocycles. The molecule has 8 heteroatoms. The first kappa shape index (κ1) is 24.9. The molecule has 1 aromatic rings. The molecule has 0 saturated carbocycles. The lowest BCUT2D eigenvalue weighted by molar-refractivity contribution is -0.142. The van der Waals surface area contributed by atoms with E-state index in [-0.39, 0.29) is 36.0 Å². The Hall–Kier alpha value is -1.39. The topological polar surface area (TPSA) is 60.4 Å². The van der Waals surface area contributed by atoms with Crippen LogP contribution in [0.1, 0.15) is 24.8 Å². The van der Waals surface area contributed by atoms with Gasteiger partial charge in [0, 0.05) is 52.9 Å². The summed E-state index contributed by atoms with van der Waals surface area (Å²) in [6.45, 7) is 6.70. The summed E-state index contributed by atoms with van der Waals surface area (Å²) in [5.41, 5.74) is 1.34. The fourth-order valence-electron chi connectivity index (χ4n) is 3.97. The molecule has 0 bridgehead atoms. The van der Waals surface area contributed by atoms with E-state index < -0.39 is 0 Å². The molecule has 1 N–H and O–H groups in total. The van der Waals surface area contributed by atoms with E-state index in [9.17, 15) is 4.79 Å². The Bertz CT molecular complexity index is 659. The van der Waals surface area contributed by atoms with Gasteiger partial charge in [0.25, 0.3) is 5.91 Å². The van der Waals surface area contributed by atoms with Crippen LogP contribution >= 0.6 is 24.0 Å². The van der Waals surface area contributed by atoms with Crippen molar-refractivity contribution in [3.63, 3.8) is 0 Å². The molecule has 1 atom stereocenters. The fraction of sp³-hybridized carbons (Fsp3) is 0.636. The van der Waals surface area contributed by atoms with Crippen LogP contribution in [-0.2, 0) is 16.1 Å². The van der Waals surface area contributed by atoms with E-state index in [1.54, 1.807) is 0 Å². The third kappa shape index (κ3) is 7.39. The Morgan fingerprint density at radius 3 is 2.53 bits per heavy atom. The van der Waals surface area contributed by atoms with Crippen LogP contribution in [0.5, 0.6) is 0 Å². The molecule has 0 aliphatic carbocycles. The lowest BCUT2D eigenvalue weighted by atomic mass is 10.2.